The summed E-state index contributed by atoms with van der Waals surface area (Å²) in [6.07, 6.45) is 0.655. The van der Waals surface area contributed by atoms with Crippen LogP contribution in [-0.2, 0) is 30.7 Å². The Labute approximate surface area is 175 Å². The van der Waals surface area contributed by atoms with Crippen molar-refractivity contribution in [1.29, 1.82) is 0 Å². The lowest BCUT2D eigenvalue weighted by molar-refractivity contribution is -0.143. The summed E-state index contributed by atoms with van der Waals surface area (Å²) < 4.78 is 36.7. The van der Waals surface area contributed by atoms with Gasteiger partial charge >= 0.3 is 5.97 Å². The quantitative estimate of drug-likeness (QED) is 0.441. The van der Waals surface area contributed by atoms with Gasteiger partial charge in [0.05, 0.1) is 41.4 Å². The average Bonchev–Trinajstić information content (AvgIpc) is 3.50. The second kappa shape index (κ2) is 9.21. The molecule has 29 heavy (non-hydrogen) atoms. The van der Waals surface area contributed by atoms with Crippen LogP contribution in [-0.4, -0.2) is 56.6 Å². The molecule has 2 aromatic rings. The first-order valence-electron chi connectivity index (χ1n) is 9.30. The minimum absolute atomic E-state index is 0.0360. The van der Waals surface area contributed by atoms with E-state index in [1.807, 2.05) is 12.1 Å². The van der Waals surface area contributed by atoms with Gasteiger partial charge in [-0.2, -0.15) is 4.31 Å². The molecular formula is C20H23ClN2O5S. The molecule has 1 fully saturated rings. The maximum absolute atomic E-state index is 12.7. The van der Waals surface area contributed by atoms with Crippen molar-refractivity contribution in [3.05, 3.63) is 47.1 Å². The second-order valence-electron chi connectivity index (χ2n) is 6.70. The molecule has 1 aliphatic rings. The molecule has 1 saturated heterocycles. The van der Waals surface area contributed by atoms with Gasteiger partial charge in [0.25, 0.3) is 0 Å². The standard InChI is InChI=1S/C20H23ClN2O5S/c1-3-27-20(24)10-7-14-5-4-6-19(22-14)17-9-8-16(11-18(17)21)29(25,26)23(2)12-15-13-28-15/h4-6,8-9,11,15H,3,7,10,12-13H2,1-2H3/t15-/m0/s1. The fourth-order valence-electron chi connectivity index (χ4n) is 2.83. The van der Waals surface area contributed by atoms with Gasteiger partial charge in [-0.1, -0.05) is 17.7 Å². The van der Waals surface area contributed by atoms with Crippen LogP contribution >= 0.6 is 11.6 Å². The zero-order chi connectivity index (χ0) is 21.0. The van der Waals surface area contributed by atoms with Crippen LogP contribution in [0.2, 0.25) is 5.02 Å². The van der Waals surface area contributed by atoms with Gasteiger partial charge in [-0.25, -0.2) is 8.42 Å². The molecule has 1 atom stereocenters. The Kier molecular flexibility index (Phi) is 6.89. The predicted molar refractivity (Wildman–Crippen MR) is 109 cm³/mol. The normalized spacial score (nSPS) is 16.1. The van der Waals surface area contributed by atoms with Crippen molar-refractivity contribution in [2.75, 3.05) is 26.8 Å². The predicted octanol–water partition coefficient (Wildman–Crippen LogP) is 2.92. The van der Waals surface area contributed by atoms with Gasteiger partial charge in [0.1, 0.15) is 0 Å². The molecule has 1 aromatic heterocycles. The van der Waals surface area contributed by atoms with Gasteiger partial charge in [-0.15, -0.1) is 0 Å². The Morgan fingerprint density at radius 3 is 2.76 bits per heavy atom. The van der Waals surface area contributed by atoms with Crippen molar-refractivity contribution in [3.8, 4) is 11.3 Å². The van der Waals surface area contributed by atoms with Gasteiger partial charge in [-0.3, -0.25) is 9.78 Å². The number of halogens is 1. The summed E-state index contributed by atoms with van der Waals surface area (Å²) in [6, 6.07) is 10.0. The summed E-state index contributed by atoms with van der Waals surface area (Å²) in [5, 5.41) is 0.289. The Morgan fingerprint density at radius 2 is 2.10 bits per heavy atom. The van der Waals surface area contributed by atoms with Crippen LogP contribution in [0.1, 0.15) is 19.0 Å². The van der Waals surface area contributed by atoms with E-state index in [1.165, 1.54) is 23.5 Å². The number of rotatable bonds is 9. The number of carbonyl (C=O) groups excluding carboxylic acids is 1. The van der Waals surface area contributed by atoms with E-state index in [1.54, 1.807) is 19.1 Å². The van der Waals surface area contributed by atoms with Gasteiger partial charge in [-0.05, 0) is 37.3 Å². The first kappa shape index (κ1) is 21.7. The van der Waals surface area contributed by atoms with Crippen molar-refractivity contribution in [2.24, 2.45) is 0 Å². The number of aryl methyl sites for hydroxylation is 1. The molecule has 1 aromatic carbocycles. The van der Waals surface area contributed by atoms with E-state index in [2.05, 4.69) is 4.98 Å². The van der Waals surface area contributed by atoms with Crippen LogP contribution in [0.3, 0.4) is 0 Å². The number of benzene rings is 1. The molecule has 0 unspecified atom stereocenters. The largest absolute Gasteiger partial charge is 0.466 e. The highest BCUT2D eigenvalue weighted by Crippen LogP contribution is 2.30. The number of esters is 1. The Bertz CT molecular complexity index is 992. The van der Waals surface area contributed by atoms with Gasteiger partial charge in [0.2, 0.25) is 10.0 Å². The number of hydrogen-bond donors (Lipinski definition) is 0. The van der Waals surface area contributed by atoms with Crippen LogP contribution < -0.4 is 0 Å². The Balaban J connectivity index is 1.78. The molecule has 0 N–H and O–H groups in total. The van der Waals surface area contributed by atoms with Crippen molar-refractivity contribution in [1.82, 2.24) is 9.29 Å². The van der Waals surface area contributed by atoms with E-state index in [0.29, 0.717) is 37.4 Å². The van der Waals surface area contributed by atoms with Gasteiger partial charge < -0.3 is 9.47 Å². The molecule has 0 spiro atoms. The monoisotopic (exact) mass is 438 g/mol. The highest BCUT2D eigenvalue weighted by atomic mass is 35.5. The molecule has 156 valence electrons. The fourth-order valence-corrected chi connectivity index (χ4v) is 4.41. The van der Waals surface area contributed by atoms with Gasteiger partial charge in [0, 0.05) is 31.3 Å². The number of likely N-dealkylation sites (N-methyl/N-ethyl adjacent to an activating group) is 1. The number of hydrogen-bond acceptors (Lipinski definition) is 6. The molecule has 3 rings (SSSR count). The third-order valence-corrected chi connectivity index (χ3v) is 6.62. The summed E-state index contributed by atoms with van der Waals surface area (Å²) in [5.74, 6) is -0.270. The van der Waals surface area contributed by atoms with Crippen LogP contribution in [0.15, 0.2) is 41.3 Å². The third-order valence-electron chi connectivity index (χ3n) is 4.49. The zero-order valence-corrected chi connectivity index (χ0v) is 17.9. The van der Waals surface area contributed by atoms with Crippen LogP contribution in [0, 0.1) is 0 Å². The van der Waals surface area contributed by atoms with E-state index in [0.717, 1.165) is 5.69 Å². The van der Waals surface area contributed by atoms with E-state index in [9.17, 15) is 13.2 Å². The number of aromatic nitrogens is 1. The average molecular weight is 439 g/mol. The Morgan fingerprint density at radius 1 is 1.34 bits per heavy atom. The summed E-state index contributed by atoms with van der Waals surface area (Å²) in [5.41, 5.74) is 1.96. The number of epoxide rings is 1. The lowest BCUT2D eigenvalue weighted by Crippen LogP contribution is -2.30. The molecule has 0 saturated carbocycles. The molecule has 0 radical (unpaired) electrons. The Hall–Kier alpha value is -2.00. The van der Waals surface area contributed by atoms with Crippen molar-refractivity contribution in [3.63, 3.8) is 0 Å². The smallest absolute Gasteiger partial charge is 0.306 e. The van der Waals surface area contributed by atoms with Crippen LogP contribution in [0.4, 0.5) is 0 Å². The van der Waals surface area contributed by atoms with Crippen LogP contribution in [0.5, 0.6) is 0 Å². The molecular weight excluding hydrogens is 416 g/mol. The maximum atomic E-state index is 12.7. The molecule has 1 aliphatic heterocycles. The SMILES string of the molecule is CCOC(=O)CCc1cccc(-c2ccc(S(=O)(=O)N(C)C[C@H]3CO3)cc2Cl)n1. The lowest BCUT2D eigenvalue weighted by Gasteiger charge is -2.17. The number of carbonyl (C=O) groups is 1. The first-order valence-corrected chi connectivity index (χ1v) is 11.1. The maximum Gasteiger partial charge on any atom is 0.306 e. The lowest BCUT2D eigenvalue weighted by atomic mass is 10.1. The number of ether oxygens (including phenoxy) is 2. The van der Waals surface area contributed by atoms with Crippen molar-refractivity contribution in [2.45, 2.75) is 30.8 Å². The second-order valence-corrected chi connectivity index (χ2v) is 9.15. The first-order chi connectivity index (χ1) is 13.8. The van der Waals surface area contributed by atoms with Crippen molar-refractivity contribution >= 4 is 27.6 Å². The summed E-state index contributed by atoms with van der Waals surface area (Å²) >= 11 is 6.39. The van der Waals surface area contributed by atoms with E-state index < -0.39 is 10.0 Å². The fraction of sp³-hybridized carbons (Fsp3) is 0.400. The van der Waals surface area contributed by atoms with Crippen LogP contribution in [0.25, 0.3) is 11.3 Å². The third kappa shape index (κ3) is 5.54. The zero-order valence-electron chi connectivity index (χ0n) is 16.3. The molecule has 2 heterocycles. The number of pyridine rings is 1. The molecule has 0 bridgehead atoms. The summed E-state index contributed by atoms with van der Waals surface area (Å²) in [6.45, 7) is 3.00. The molecule has 0 amide bonds. The number of sulfonamides is 1. The van der Waals surface area contributed by atoms with Crippen molar-refractivity contribution < 1.29 is 22.7 Å². The summed E-state index contributed by atoms with van der Waals surface area (Å²) in [4.78, 5) is 16.2. The van der Waals surface area contributed by atoms with E-state index in [4.69, 9.17) is 21.1 Å². The molecule has 7 nitrogen and oxygen atoms in total. The van der Waals surface area contributed by atoms with E-state index >= 15 is 0 Å². The molecule has 9 heteroatoms. The minimum atomic E-state index is -3.65. The summed E-state index contributed by atoms with van der Waals surface area (Å²) in [7, 11) is -2.13. The number of nitrogens with zero attached hydrogens (tertiary/aromatic N) is 2. The molecule has 0 aliphatic carbocycles. The van der Waals surface area contributed by atoms with E-state index in [-0.39, 0.29) is 28.4 Å². The highest BCUT2D eigenvalue weighted by Gasteiger charge is 2.30. The minimum Gasteiger partial charge on any atom is -0.466 e. The highest BCUT2D eigenvalue weighted by molar-refractivity contribution is 7.89. The topological polar surface area (TPSA) is 89.1 Å². The van der Waals surface area contributed by atoms with Gasteiger partial charge in [0.15, 0.2) is 0 Å².